The van der Waals surface area contributed by atoms with Crippen molar-refractivity contribution < 1.29 is 0 Å². The van der Waals surface area contributed by atoms with Crippen LogP contribution in [0, 0.1) is 13.8 Å². The van der Waals surface area contributed by atoms with Crippen molar-refractivity contribution in [3.05, 3.63) is 64.0 Å². The van der Waals surface area contributed by atoms with E-state index in [1.165, 1.54) is 11.1 Å². The van der Waals surface area contributed by atoms with Gasteiger partial charge in [0.2, 0.25) is 0 Å². The maximum atomic E-state index is 6.15. The monoisotopic (exact) mass is 314 g/mol. The Morgan fingerprint density at radius 1 is 1.05 bits per heavy atom. The van der Waals surface area contributed by atoms with Crippen molar-refractivity contribution in [1.29, 1.82) is 0 Å². The van der Waals surface area contributed by atoms with Gasteiger partial charge in [0.15, 0.2) is 5.13 Å². The quantitative estimate of drug-likeness (QED) is 0.658. The molecule has 1 heterocycles. The van der Waals surface area contributed by atoms with Crippen LogP contribution in [0.2, 0.25) is 5.02 Å². The summed E-state index contributed by atoms with van der Waals surface area (Å²) in [5, 5.41) is 6.86. The van der Waals surface area contributed by atoms with Gasteiger partial charge in [0.25, 0.3) is 0 Å². The summed E-state index contributed by atoms with van der Waals surface area (Å²) in [5.41, 5.74) is 5.57. The van der Waals surface area contributed by atoms with Crippen molar-refractivity contribution in [3.63, 3.8) is 0 Å². The summed E-state index contributed by atoms with van der Waals surface area (Å²) in [6, 6.07) is 14.1. The maximum Gasteiger partial charge on any atom is 0.187 e. The van der Waals surface area contributed by atoms with Gasteiger partial charge in [-0.1, -0.05) is 35.9 Å². The Morgan fingerprint density at radius 2 is 1.86 bits per heavy atom. The molecule has 4 heteroatoms. The third-order valence-corrected chi connectivity index (χ3v) is 4.51. The van der Waals surface area contributed by atoms with E-state index in [1.807, 2.05) is 24.3 Å². The van der Waals surface area contributed by atoms with E-state index in [1.54, 1.807) is 11.3 Å². The van der Waals surface area contributed by atoms with E-state index < -0.39 is 0 Å². The summed E-state index contributed by atoms with van der Waals surface area (Å²) in [6.45, 7) is 4.23. The third-order valence-electron chi connectivity index (χ3n) is 3.42. The topological polar surface area (TPSA) is 24.9 Å². The van der Waals surface area contributed by atoms with Crippen LogP contribution in [-0.2, 0) is 0 Å². The molecule has 1 N–H and O–H groups in total. The van der Waals surface area contributed by atoms with Crippen LogP contribution in [0.5, 0.6) is 0 Å². The molecule has 3 aromatic rings. The Bertz CT molecular complexity index is 780. The number of para-hydroxylation sites is 1. The number of thiazole rings is 1. The van der Waals surface area contributed by atoms with Gasteiger partial charge in [0.1, 0.15) is 0 Å². The largest absolute Gasteiger partial charge is 0.330 e. The smallest absolute Gasteiger partial charge is 0.187 e. The van der Waals surface area contributed by atoms with Gasteiger partial charge in [0, 0.05) is 10.9 Å². The average molecular weight is 315 g/mol. The van der Waals surface area contributed by atoms with Crippen molar-refractivity contribution >= 4 is 33.8 Å². The zero-order valence-electron chi connectivity index (χ0n) is 11.9. The van der Waals surface area contributed by atoms with Crippen LogP contribution in [0.3, 0.4) is 0 Å². The van der Waals surface area contributed by atoms with E-state index in [0.717, 1.165) is 22.1 Å². The second-order valence-corrected chi connectivity index (χ2v) is 6.21. The normalized spacial score (nSPS) is 10.6. The third kappa shape index (κ3) is 3.09. The Hall–Kier alpha value is -1.84. The van der Waals surface area contributed by atoms with Crippen LogP contribution in [0.15, 0.2) is 47.8 Å². The Morgan fingerprint density at radius 3 is 2.62 bits per heavy atom. The summed E-state index contributed by atoms with van der Waals surface area (Å²) in [4.78, 5) is 4.64. The Labute approximate surface area is 133 Å². The van der Waals surface area contributed by atoms with E-state index in [9.17, 15) is 0 Å². The molecule has 0 saturated carbocycles. The van der Waals surface area contributed by atoms with Gasteiger partial charge in [-0.05, 0) is 43.2 Å². The highest BCUT2D eigenvalue weighted by Gasteiger charge is 2.07. The fraction of sp³-hybridized carbons (Fsp3) is 0.118. The first-order valence-electron chi connectivity index (χ1n) is 6.68. The van der Waals surface area contributed by atoms with Crippen molar-refractivity contribution in [2.45, 2.75) is 13.8 Å². The minimum absolute atomic E-state index is 0.695. The fourth-order valence-corrected chi connectivity index (χ4v) is 2.96. The molecular formula is C17H15ClN2S. The molecule has 21 heavy (non-hydrogen) atoms. The molecule has 0 aliphatic heterocycles. The number of aryl methyl sites for hydroxylation is 2. The molecule has 0 bridgehead atoms. The number of halogens is 1. The van der Waals surface area contributed by atoms with Crippen molar-refractivity contribution in [3.8, 4) is 11.3 Å². The summed E-state index contributed by atoms with van der Waals surface area (Å²) >= 11 is 7.73. The fourth-order valence-electron chi connectivity index (χ4n) is 2.04. The zero-order chi connectivity index (χ0) is 14.8. The van der Waals surface area contributed by atoms with E-state index in [-0.39, 0.29) is 0 Å². The van der Waals surface area contributed by atoms with Gasteiger partial charge in [-0.25, -0.2) is 4.98 Å². The second kappa shape index (κ2) is 5.88. The van der Waals surface area contributed by atoms with Gasteiger partial charge in [-0.3, -0.25) is 0 Å². The molecule has 0 saturated heterocycles. The average Bonchev–Trinajstić information content (AvgIpc) is 2.93. The second-order valence-electron chi connectivity index (χ2n) is 4.94. The number of benzene rings is 2. The standard InChI is InChI=1S/C17H15ClN2S/c1-11-7-8-13(9-12(11)2)16-10-21-17(20-16)19-15-6-4-3-5-14(15)18/h3-10H,1-2H3,(H,19,20). The molecule has 0 atom stereocenters. The number of hydrogen-bond donors (Lipinski definition) is 1. The molecule has 2 aromatic carbocycles. The highest BCUT2D eigenvalue weighted by atomic mass is 35.5. The van der Waals surface area contributed by atoms with Crippen LogP contribution in [0.25, 0.3) is 11.3 Å². The summed E-state index contributed by atoms with van der Waals surface area (Å²) in [5.74, 6) is 0. The Balaban J connectivity index is 1.86. The number of hydrogen-bond acceptors (Lipinski definition) is 3. The van der Waals surface area contributed by atoms with Crippen LogP contribution in [0.4, 0.5) is 10.8 Å². The van der Waals surface area contributed by atoms with Crippen LogP contribution in [-0.4, -0.2) is 4.98 Å². The molecule has 0 unspecified atom stereocenters. The lowest BCUT2D eigenvalue weighted by Crippen LogP contribution is -1.90. The maximum absolute atomic E-state index is 6.15. The molecule has 0 amide bonds. The van der Waals surface area contributed by atoms with Gasteiger partial charge >= 0.3 is 0 Å². The first kappa shape index (κ1) is 14.1. The number of anilines is 2. The van der Waals surface area contributed by atoms with Crippen molar-refractivity contribution in [2.75, 3.05) is 5.32 Å². The van der Waals surface area contributed by atoms with Crippen molar-refractivity contribution in [2.24, 2.45) is 0 Å². The van der Waals surface area contributed by atoms with Gasteiger partial charge in [-0.2, -0.15) is 0 Å². The van der Waals surface area contributed by atoms with Crippen LogP contribution < -0.4 is 5.32 Å². The van der Waals surface area contributed by atoms with E-state index in [0.29, 0.717) is 5.02 Å². The lowest BCUT2D eigenvalue weighted by Gasteiger charge is -2.04. The van der Waals surface area contributed by atoms with Crippen LogP contribution in [0.1, 0.15) is 11.1 Å². The van der Waals surface area contributed by atoms with E-state index in [2.05, 4.69) is 47.7 Å². The van der Waals surface area contributed by atoms with E-state index >= 15 is 0 Å². The van der Waals surface area contributed by atoms with Crippen molar-refractivity contribution in [1.82, 2.24) is 4.98 Å². The number of nitrogens with zero attached hydrogens (tertiary/aromatic N) is 1. The number of nitrogens with one attached hydrogen (secondary N) is 1. The number of aromatic nitrogens is 1. The molecular weight excluding hydrogens is 300 g/mol. The molecule has 106 valence electrons. The summed E-state index contributed by atoms with van der Waals surface area (Å²) in [6.07, 6.45) is 0. The van der Waals surface area contributed by atoms with Crippen LogP contribution >= 0.6 is 22.9 Å². The van der Waals surface area contributed by atoms with Gasteiger partial charge in [0.05, 0.1) is 16.4 Å². The lowest BCUT2D eigenvalue weighted by molar-refractivity contribution is 1.32. The molecule has 0 radical (unpaired) electrons. The first-order valence-corrected chi connectivity index (χ1v) is 7.94. The zero-order valence-corrected chi connectivity index (χ0v) is 13.4. The van der Waals surface area contributed by atoms with E-state index in [4.69, 9.17) is 11.6 Å². The molecule has 0 aliphatic rings. The predicted octanol–water partition coefficient (Wildman–Crippen LogP) is 5.82. The highest BCUT2D eigenvalue weighted by molar-refractivity contribution is 7.14. The minimum atomic E-state index is 0.695. The first-order chi connectivity index (χ1) is 10.1. The van der Waals surface area contributed by atoms with Gasteiger partial charge < -0.3 is 5.32 Å². The molecule has 0 aliphatic carbocycles. The minimum Gasteiger partial charge on any atom is -0.330 e. The highest BCUT2D eigenvalue weighted by Crippen LogP contribution is 2.30. The SMILES string of the molecule is Cc1ccc(-c2csc(Nc3ccccc3Cl)n2)cc1C. The Kier molecular flexibility index (Phi) is 3.95. The molecule has 3 rings (SSSR count). The predicted molar refractivity (Wildman–Crippen MR) is 91.8 cm³/mol. The summed E-state index contributed by atoms with van der Waals surface area (Å²) in [7, 11) is 0. The molecule has 2 nitrogen and oxygen atoms in total. The lowest BCUT2D eigenvalue weighted by atomic mass is 10.1. The van der Waals surface area contributed by atoms with Gasteiger partial charge in [-0.15, -0.1) is 11.3 Å². The summed E-state index contributed by atoms with van der Waals surface area (Å²) < 4.78 is 0. The molecule has 0 spiro atoms. The molecule has 1 aromatic heterocycles. The number of rotatable bonds is 3. The molecule has 0 fully saturated rings.